The average molecular weight is 314 g/mol. The molecule has 0 saturated heterocycles. The van der Waals surface area contributed by atoms with Crippen molar-refractivity contribution in [1.82, 2.24) is 5.32 Å². The van der Waals surface area contributed by atoms with Crippen LogP contribution in [0.4, 0.5) is 4.39 Å². The second-order valence-electron chi connectivity index (χ2n) is 6.22. The van der Waals surface area contributed by atoms with E-state index in [2.05, 4.69) is 19.2 Å². The van der Waals surface area contributed by atoms with E-state index in [0.717, 1.165) is 18.6 Å². The monoisotopic (exact) mass is 314 g/mol. The lowest BCUT2D eigenvalue weighted by Gasteiger charge is -2.11. The maximum atomic E-state index is 13.5. The number of carbonyl (C=O) groups excluding carboxylic acids is 1. The normalized spacial score (nSPS) is 20.1. The zero-order valence-electron chi connectivity index (χ0n) is 12.2. The number of primary sulfonamides is 1. The predicted octanol–water partition coefficient (Wildman–Crippen LogP) is 1.56. The molecule has 116 valence electrons. The molecule has 1 aliphatic carbocycles. The van der Waals surface area contributed by atoms with Gasteiger partial charge in [-0.2, -0.15) is 0 Å². The molecule has 1 saturated carbocycles. The highest BCUT2D eigenvalue weighted by Crippen LogP contribution is 2.51. The lowest BCUT2D eigenvalue weighted by Crippen LogP contribution is -2.28. The van der Waals surface area contributed by atoms with Crippen LogP contribution >= 0.6 is 0 Å². The molecule has 0 heterocycles. The summed E-state index contributed by atoms with van der Waals surface area (Å²) in [6, 6.07) is 1.85. The molecule has 0 radical (unpaired) electrons. The Kier molecular flexibility index (Phi) is 3.84. The molecule has 1 aromatic rings. The highest BCUT2D eigenvalue weighted by Gasteiger charge is 2.45. The summed E-state index contributed by atoms with van der Waals surface area (Å²) in [5, 5.41) is 7.76. The van der Waals surface area contributed by atoms with Crippen LogP contribution in [0.15, 0.2) is 17.0 Å². The summed E-state index contributed by atoms with van der Waals surface area (Å²) in [4.78, 5) is 11.8. The van der Waals surface area contributed by atoms with Gasteiger partial charge in [-0.3, -0.25) is 4.79 Å². The first-order valence-corrected chi connectivity index (χ1v) is 8.18. The Morgan fingerprint density at radius 2 is 2.05 bits per heavy atom. The number of nitrogens with one attached hydrogen (secondary N) is 1. The van der Waals surface area contributed by atoms with E-state index in [1.165, 1.54) is 6.92 Å². The minimum absolute atomic E-state index is 0.00233. The van der Waals surface area contributed by atoms with Gasteiger partial charge in [0.05, 0.1) is 4.90 Å². The van der Waals surface area contributed by atoms with Crippen molar-refractivity contribution in [3.8, 4) is 0 Å². The number of hydrogen-bond donors (Lipinski definition) is 2. The highest BCUT2D eigenvalue weighted by atomic mass is 32.2. The fourth-order valence-electron chi connectivity index (χ4n) is 2.42. The third kappa shape index (κ3) is 3.41. The van der Waals surface area contributed by atoms with Crippen molar-refractivity contribution in [2.45, 2.75) is 32.1 Å². The smallest absolute Gasteiger partial charge is 0.251 e. The lowest BCUT2D eigenvalue weighted by molar-refractivity contribution is 0.0949. The minimum Gasteiger partial charge on any atom is -0.352 e. The zero-order chi connectivity index (χ0) is 16.0. The summed E-state index contributed by atoms with van der Waals surface area (Å²) >= 11 is 0. The molecule has 1 unspecified atom stereocenters. The molecule has 1 atom stereocenters. The van der Waals surface area contributed by atoms with Gasteiger partial charge in [0.2, 0.25) is 10.0 Å². The molecule has 7 heteroatoms. The summed E-state index contributed by atoms with van der Waals surface area (Å²) in [5.74, 6) is -0.894. The van der Waals surface area contributed by atoms with Crippen LogP contribution in [-0.2, 0) is 10.0 Å². The Labute approximate surface area is 123 Å². The van der Waals surface area contributed by atoms with Crippen molar-refractivity contribution in [3.63, 3.8) is 0 Å². The standard InChI is InChI=1S/C14H19FN2O3S/c1-8-11(4-10(15)5-12(8)21(16,19)20)13(18)17-7-9-6-14(9,2)3/h4-5,9H,6-7H2,1-3H3,(H,17,18)(H2,16,19,20). The van der Waals surface area contributed by atoms with Gasteiger partial charge in [-0.25, -0.2) is 17.9 Å². The van der Waals surface area contributed by atoms with Crippen molar-refractivity contribution >= 4 is 15.9 Å². The van der Waals surface area contributed by atoms with E-state index in [-0.39, 0.29) is 21.4 Å². The molecule has 3 N–H and O–H groups in total. The van der Waals surface area contributed by atoms with Gasteiger partial charge >= 0.3 is 0 Å². The van der Waals surface area contributed by atoms with Gasteiger partial charge < -0.3 is 5.32 Å². The number of nitrogens with two attached hydrogens (primary N) is 1. The lowest BCUT2D eigenvalue weighted by atomic mass is 10.1. The SMILES string of the molecule is Cc1c(C(=O)NCC2CC2(C)C)cc(F)cc1S(N)(=O)=O. The number of amides is 1. The topological polar surface area (TPSA) is 89.3 Å². The van der Waals surface area contributed by atoms with Crippen LogP contribution in [0, 0.1) is 24.1 Å². The fourth-order valence-corrected chi connectivity index (χ4v) is 3.23. The fraction of sp³-hybridized carbons (Fsp3) is 0.500. The van der Waals surface area contributed by atoms with E-state index >= 15 is 0 Å². The second-order valence-corrected chi connectivity index (χ2v) is 7.75. The molecule has 1 amide bonds. The quantitative estimate of drug-likeness (QED) is 0.883. The Morgan fingerprint density at radius 1 is 1.48 bits per heavy atom. The Morgan fingerprint density at radius 3 is 2.52 bits per heavy atom. The molecule has 21 heavy (non-hydrogen) atoms. The van der Waals surface area contributed by atoms with Gasteiger partial charge in [-0.05, 0) is 42.4 Å². The first-order chi connectivity index (χ1) is 9.52. The van der Waals surface area contributed by atoms with Crippen molar-refractivity contribution in [2.24, 2.45) is 16.5 Å². The highest BCUT2D eigenvalue weighted by molar-refractivity contribution is 7.89. The van der Waals surface area contributed by atoms with Gasteiger partial charge in [0.25, 0.3) is 5.91 Å². The molecule has 1 aliphatic rings. The van der Waals surface area contributed by atoms with E-state index in [0.29, 0.717) is 12.5 Å². The number of carbonyl (C=O) groups is 1. The Bertz CT molecular complexity index is 698. The van der Waals surface area contributed by atoms with Crippen molar-refractivity contribution < 1.29 is 17.6 Å². The van der Waals surface area contributed by atoms with Gasteiger partial charge in [0, 0.05) is 12.1 Å². The predicted molar refractivity (Wildman–Crippen MR) is 76.7 cm³/mol. The van der Waals surface area contributed by atoms with Gasteiger partial charge in [0.1, 0.15) is 5.82 Å². The second kappa shape index (κ2) is 5.06. The summed E-state index contributed by atoms with van der Waals surface area (Å²) in [7, 11) is -4.07. The molecule has 1 aromatic carbocycles. The van der Waals surface area contributed by atoms with Gasteiger partial charge in [-0.15, -0.1) is 0 Å². The first-order valence-electron chi connectivity index (χ1n) is 6.63. The molecule has 1 fully saturated rings. The molecular weight excluding hydrogens is 295 g/mol. The van der Waals surface area contributed by atoms with E-state index in [4.69, 9.17) is 5.14 Å². The van der Waals surface area contributed by atoms with Gasteiger partial charge in [0.15, 0.2) is 0 Å². The first kappa shape index (κ1) is 15.9. The molecular formula is C14H19FN2O3S. The van der Waals surface area contributed by atoms with Crippen LogP contribution in [-0.4, -0.2) is 20.9 Å². The number of halogens is 1. The maximum Gasteiger partial charge on any atom is 0.251 e. The van der Waals surface area contributed by atoms with Crippen LogP contribution in [0.25, 0.3) is 0 Å². The van der Waals surface area contributed by atoms with Crippen LogP contribution in [0.5, 0.6) is 0 Å². The molecule has 0 aliphatic heterocycles. The number of benzene rings is 1. The van der Waals surface area contributed by atoms with Crippen molar-refractivity contribution in [3.05, 3.63) is 29.1 Å². The van der Waals surface area contributed by atoms with E-state index in [1.807, 2.05) is 0 Å². The number of rotatable bonds is 4. The largest absolute Gasteiger partial charge is 0.352 e. The van der Waals surface area contributed by atoms with E-state index < -0.39 is 21.7 Å². The molecule has 0 spiro atoms. The maximum absolute atomic E-state index is 13.5. The Balaban J connectivity index is 2.23. The van der Waals surface area contributed by atoms with Crippen molar-refractivity contribution in [2.75, 3.05) is 6.54 Å². The van der Waals surface area contributed by atoms with Crippen LogP contribution in [0.1, 0.15) is 36.2 Å². The summed E-state index contributed by atoms with van der Waals surface area (Å²) in [6.07, 6.45) is 1.03. The average Bonchev–Trinajstić information content (AvgIpc) is 2.95. The Hall–Kier alpha value is -1.47. The van der Waals surface area contributed by atoms with Crippen molar-refractivity contribution in [1.29, 1.82) is 0 Å². The summed E-state index contributed by atoms with van der Waals surface area (Å²) in [6.45, 7) is 6.15. The summed E-state index contributed by atoms with van der Waals surface area (Å²) < 4.78 is 36.4. The van der Waals surface area contributed by atoms with Crippen LogP contribution in [0.3, 0.4) is 0 Å². The zero-order valence-corrected chi connectivity index (χ0v) is 13.1. The van der Waals surface area contributed by atoms with E-state index in [9.17, 15) is 17.6 Å². The van der Waals surface area contributed by atoms with Crippen LogP contribution < -0.4 is 10.5 Å². The molecule has 0 aromatic heterocycles. The summed E-state index contributed by atoms with van der Waals surface area (Å²) in [5.41, 5.74) is 0.375. The molecule has 2 rings (SSSR count). The number of sulfonamides is 1. The van der Waals surface area contributed by atoms with E-state index in [1.54, 1.807) is 0 Å². The molecule has 5 nitrogen and oxygen atoms in total. The minimum atomic E-state index is -4.07. The third-order valence-electron chi connectivity index (χ3n) is 4.10. The van der Waals surface area contributed by atoms with Crippen LogP contribution in [0.2, 0.25) is 0 Å². The van der Waals surface area contributed by atoms with Gasteiger partial charge in [-0.1, -0.05) is 13.8 Å². The number of hydrogen-bond acceptors (Lipinski definition) is 3. The molecule has 0 bridgehead atoms. The third-order valence-corrected chi connectivity index (χ3v) is 5.14.